The Bertz CT molecular complexity index is 1120. The lowest BCUT2D eigenvalue weighted by atomic mass is 10.1. The number of H-pyrrole nitrogens is 1. The largest absolute Gasteiger partial charge is 0.465 e. The number of anilines is 1. The number of methoxy groups -OCH3 is 1. The van der Waals surface area contributed by atoms with Gasteiger partial charge in [0.05, 0.1) is 17.6 Å². The number of amides is 1. The number of benzene rings is 1. The smallest absolute Gasteiger partial charge is 0.355 e. The van der Waals surface area contributed by atoms with Gasteiger partial charge in [-0.3, -0.25) is 4.79 Å². The first kappa shape index (κ1) is 24.1. The van der Waals surface area contributed by atoms with Crippen molar-refractivity contribution >= 4 is 33.6 Å². The number of esters is 2. The van der Waals surface area contributed by atoms with Gasteiger partial charge in [0.1, 0.15) is 5.69 Å². The van der Waals surface area contributed by atoms with Crippen molar-refractivity contribution in [2.24, 2.45) is 0 Å². The number of aromatic amines is 1. The number of hydrogen-bond donors (Lipinski definition) is 2. The highest BCUT2D eigenvalue weighted by Gasteiger charge is 2.26. The lowest BCUT2D eigenvalue weighted by molar-refractivity contribution is -0.123. The van der Waals surface area contributed by atoms with E-state index in [1.165, 1.54) is 52.4 Å². The molecule has 0 aliphatic heterocycles. The Balaban J connectivity index is 2.14. The molecule has 31 heavy (non-hydrogen) atoms. The third kappa shape index (κ3) is 5.12. The molecular formula is C20H25N3O7S. The maximum atomic E-state index is 12.5. The third-order valence-corrected chi connectivity index (χ3v) is 6.38. The van der Waals surface area contributed by atoms with Crippen molar-refractivity contribution in [3.05, 3.63) is 46.8 Å². The minimum Gasteiger partial charge on any atom is -0.465 e. The summed E-state index contributed by atoms with van der Waals surface area (Å²) in [4.78, 5) is 39.6. The molecule has 0 unspecified atom stereocenters. The van der Waals surface area contributed by atoms with Gasteiger partial charge in [-0.2, -0.15) is 0 Å². The zero-order valence-corrected chi connectivity index (χ0v) is 18.9. The van der Waals surface area contributed by atoms with E-state index in [4.69, 9.17) is 9.47 Å². The minimum absolute atomic E-state index is 0.00720. The van der Waals surface area contributed by atoms with Crippen LogP contribution in [0.15, 0.2) is 29.2 Å². The van der Waals surface area contributed by atoms with Crippen LogP contribution in [0.2, 0.25) is 0 Å². The van der Waals surface area contributed by atoms with E-state index in [-0.39, 0.29) is 21.8 Å². The molecule has 0 radical (unpaired) electrons. The quantitative estimate of drug-likeness (QED) is 0.613. The Morgan fingerprint density at radius 1 is 1.13 bits per heavy atom. The number of aromatic nitrogens is 1. The molecule has 0 aliphatic rings. The number of nitrogens with zero attached hydrogens (tertiary/aromatic N) is 1. The van der Waals surface area contributed by atoms with Gasteiger partial charge in [-0.05, 0) is 44.5 Å². The van der Waals surface area contributed by atoms with Crippen LogP contribution >= 0.6 is 0 Å². The normalized spacial score (nSPS) is 12.4. The lowest BCUT2D eigenvalue weighted by Gasteiger charge is -2.15. The highest BCUT2D eigenvalue weighted by molar-refractivity contribution is 7.89. The second-order valence-electron chi connectivity index (χ2n) is 6.97. The number of nitrogens with one attached hydrogen (secondary N) is 2. The van der Waals surface area contributed by atoms with Crippen LogP contribution in [0.1, 0.15) is 39.0 Å². The molecule has 0 saturated heterocycles. The molecule has 11 heteroatoms. The van der Waals surface area contributed by atoms with Crippen LogP contribution in [0.25, 0.3) is 0 Å². The molecule has 1 heterocycles. The Morgan fingerprint density at radius 2 is 1.77 bits per heavy atom. The van der Waals surface area contributed by atoms with Crippen molar-refractivity contribution in [3.63, 3.8) is 0 Å². The molecule has 0 saturated carbocycles. The monoisotopic (exact) mass is 451 g/mol. The van der Waals surface area contributed by atoms with E-state index in [2.05, 4.69) is 10.3 Å². The molecule has 0 aliphatic carbocycles. The molecule has 0 bridgehead atoms. The van der Waals surface area contributed by atoms with Crippen molar-refractivity contribution < 1.29 is 32.3 Å². The molecule has 10 nitrogen and oxygen atoms in total. The molecule has 2 rings (SSSR count). The second-order valence-corrected chi connectivity index (χ2v) is 9.12. The van der Waals surface area contributed by atoms with Crippen molar-refractivity contribution in [2.75, 3.05) is 26.5 Å². The van der Waals surface area contributed by atoms with Crippen LogP contribution in [0.5, 0.6) is 0 Å². The topological polar surface area (TPSA) is 135 Å². The third-order valence-electron chi connectivity index (χ3n) is 4.56. The maximum absolute atomic E-state index is 12.5. The van der Waals surface area contributed by atoms with Crippen molar-refractivity contribution in [2.45, 2.75) is 31.8 Å². The molecule has 2 aromatic rings. The van der Waals surface area contributed by atoms with Gasteiger partial charge in [0.2, 0.25) is 10.0 Å². The van der Waals surface area contributed by atoms with Gasteiger partial charge in [-0.1, -0.05) is 6.07 Å². The van der Waals surface area contributed by atoms with E-state index in [9.17, 15) is 22.8 Å². The first-order chi connectivity index (χ1) is 14.4. The van der Waals surface area contributed by atoms with Crippen LogP contribution in [-0.4, -0.2) is 62.9 Å². The molecule has 1 atom stereocenters. The van der Waals surface area contributed by atoms with E-state index in [0.717, 1.165) is 4.31 Å². The summed E-state index contributed by atoms with van der Waals surface area (Å²) in [5, 5.41) is 2.53. The molecule has 1 aromatic carbocycles. The summed E-state index contributed by atoms with van der Waals surface area (Å²) >= 11 is 0. The Morgan fingerprint density at radius 3 is 2.35 bits per heavy atom. The lowest BCUT2D eigenvalue weighted by Crippen LogP contribution is -2.30. The number of ether oxygens (including phenoxy) is 2. The second kappa shape index (κ2) is 9.31. The standard InChI is InChI=1S/C20H25N3O7S/c1-11-16(19(25)29-6)12(2)21-17(11)20(26)30-13(3)18(24)22-14-8-7-9-15(10-14)31(27,28)23(4)5/h7-10,13,21H,1-6H3,(H,22,24)/t13-/m1/s1. The van der Waals surface area contributed by atoms with Gasteiger partial charge in [-0.15, -0.1) is 0 Å². The van der Waals surface area contributed by atoms with Gasteiger partial charge < -0.3 is 19.8 Å². The van der Waals surface area contributed by atoms with Gasteiger partial charge >= 0.3 is 11.9 Å². The van der Waals surface area contributed by atoms with E-state index in [1.807, 2.05) is 0 Å². The number of hydrogen-bond acceptors (Lipinski definition) is 7. The fourth-order valence-corrected chi connectivity index (χ4v) is 3.77. The number of aryl methyl sites for hydroxylation is 1. The van der Waals surface area contributed by atoms with Gasteiger partial charge in [0, 0.05) is 25.5 Å². The highest BCUT2D eigenvalue weighted by atomic mass is 32.2. The van der Waals surface area contributed by atoms with Gasteiger partial charge in [0.25, 0.3) is 5.91 Å². The Labute approximate surface area is 180 Å². The van der Waals surface area contributed by atoms with Crippen LogP contribution in [0.3, 0.4) is 0 Å². The van der Waals surface area contributed by atoms with Crippen molar-refractivity contribution in [3.8, 4) is 0 Å². The summed E-state index contributed by atoms with van der Waals surface area (Å²) in [6, 6.07) is 5.72. The Hall–Kier alpha value is -3.18. The predicted molar refractivity (Wildman–Crippen MR) is 112 cm³/mol. The molecule has 2 N–H and O–H groups in total. The number of sulfonamides is 1. The van der Waals surface area contributed by atoms with Crippen LogP contribution in [-0.2, 0) is 24.3 Å². The molecular weight excluding hydrogens is 426 g/mol. The number of carbonyl (C=O) groups is 3. The summed E-state index contributed by atoms with van der Waals surface area (Å²) < 4.78 is 35.5. The van der Waals surface area contributed by atoms with Gasteiger partial charge in [0.15, 0.2) is 6.10 Å². The molecule has 1 aromatic heterocycles. The molecule has 168 valence electrons. The summed E-state index contributed by atoms with van der Waals surface area (Å²) in [7, 11) is 0.364. The van der Waals surface area contributed by atoms with Crippen LogP contribution in [0, 0.1) is 13.8 Å². The molecule has 0 spiro atoms. The summed E-state index contributed by atoms with van der Waals surface area (Å²) in [5.41, 5.74) is 1.29. The van der Waals surface area contributed by atoms with E-state index >= 15 is 0 Å². The zero-order valence-electron chi connectivity index (χ0n) is 18.1. The Kier molecular flexibility index (Phi) is 7.24. The highest BCUT2D eigenvalue weighted by Crippen LogP contribution is 2.21. The average molecular weight is 452 g/mol. The number of carbonyl (C=O) groups excluding carboxylic acids is 3. The molecule has 1 amide bonds. The van der Waals surface area contributed by atoms with Crippen molar-refractivity contribution in [1.82, 2.24) is 9.29 Å². The first-order valence-corrected chi connectivity index (χ1v) is 10.7. The van der Waals surface area contributed by atoms with E-state index in [1.54, 1.807) is 13.8 Å². The van der Waals surface area contributed by atoms with Gasteiger partial charge in [-0.25, -0.2) is 22.3 Å². The van der Waals surface area contributed by atoms with Crippen molar-refractivity contribution in [1.29, 1.82) is 0 Å². The predicted octanol–water partition coefficient (Wildman–Crippen LogP) is 1.85. The summed E-state index contributed by atoms with van der Waals surface area (Å²) in [6.07, 6.45) is -1.19. The first-order valence-electron chi connectivity index (χ1n) is 9.22. The van der Waals surface area contributed by atoms with E-state index < -0.39 is 34.0 Å². The maximum Gasteiger partial charge on any atom is 0.355 e. The zero-order chi connectivity index (χ0) is 23.5. The van der Waals surface area contributed by atoms with Crippen LogP contribution in [0.4, 0.5) is 5.69 Å². The molecule has 0 fully saturated rings. The average Bonchev–Trinajstić information content (AvgIpc) is 3.01. The fraction of sp³-hybridized carbons (Fsp3) is 0.350. The number of rotatable bonds is 7. The van der Waals surface area contributed by atoms with E-state index in [0.29, 0.717) is 11.3 Å². The minimum atomic E-state index is -3.67. The summed E-state index contributed by atoms with van der Waals surface area (Å²) in [5.74, 6) is -2.06. The SMILES string of the molecule is COC(=O)c1c(C)[nH]c(C(=O)O[C@H](C)C(=O)Nc2cccc(S(=O)(=O)N(C)C)c2)c1C. The van der Waals surface area contributed by atoms with Crippen LogP contribution < -0.4 is 5.32 Å². The summed E-state index contributed by atoms with van der Waals surface area (Å²) in [6.45, 7) is 4.55. The fourth-order valence-electron chi connectivity index (χ4n) is 2.82.